The summed E-state index contributed by atoms with van der Waals surface area (Å²) in [4.78, 5) is 11.5. The number of hydrogen-bond donors (Lipinski definition) is 2. The van der Waals surface area contributed by atoms with Crippen LogP contribution in [-0.4, -0.2) is 22.6 Å². The van der Waals surface area contributed by atoms with E-state index in [1.54, 1.807) is 6.20 Å². The van der Waals surface area contributed by atoms with Gasteiger partial charge in [-0.3, -0.25) is 9.89 Å². The quantitative estimate of drug-likeness (QED) is 0.789. The first-order chi connectivity index (χ1) is 6.97. The van der Waals surface area contributed by atoms with Crippen molar-refractivity contribution in [1.29, 1.82) is 0 Å². The number of rotatable bonds is 4. The van der Waals surface area contributed by atoms with Crippen LogP contribution in [0, 0.1) is 5.41 Å². The second kappa shape index (κ2) is 4.96. The Kier molecular flexibility index (Phi) is 3.88. The van der Waals surface area contributed by atoms with E-state index in [0.717, 1.165) is 12.1 Å². The van der Waals surface area contributed by atoms with E-state index in [2.05, 4.69) is 36.3 Å². The molecule has 15 heavy (non-hydrogen) atoms. The summed E-state index contributed by atoms with van der Waals surface area (Å²) in [7, 11) is 0. The van der Waals surface area contributed by atoms with Crippen LogP contribution in [0.4, 0.5) is 0 Å². The molecule has 4 heteroatoms. The van der Waals surface area contributed by atoms with Crippen LogP contribution in [-0.2, 0) is 11.2 Å². The Morgan fingerprint density at radius 1 is 1.53 bits per heavy atom. The van der Waals surface area contributed by atoms with E-state index >= 15 is 0 Å². The van der Waals surface area contributed by atoms with Crippen molar-refractivity contribution in [3.8, 4) is 0 Å². The zero-order valence-corrected chi connectivity index (χ0v) is 9.63. The predicted molar refractivity (Wildman–Crippen MR) is 59.4 cm³/mol. The van der Waals surface area contributed by atoms with Crippen molar-refractivity contribution in [2.45, 2.75) is 33.6 Å². The van der Waals surface area contributed by atoms with E-state index in [4.69, 9.17) is 0 Å². The fraction of sp³-hybridized carbons (Fsp3) is 0.636. The van der Waals surface area contributed by atoms with Crippen molar-refractivity contribution in [2.24, 2.45) is 5.41 Å². The average Bonchev–Trinajstić information content (AvgIpc) is 2.53. The van der Waals surface area contributed by atoms with Crippen molar-refractivity contribution in [2.75, 3.05) is 6.54 Å². The highest BCUT2D eigenvalue weighted by atomic mass is 16.1. The van der Waals surface area contributed by atoms with Gasteiger partial charge in [-0.15, -0.1) is 0 Å². The molecular formula is C11H19N3O. The second-order valence-corrected chi connectivity index (χ2v) is 4.92. The van der Waals surface area contributed by atoms with Gasteiger partial charge in [-0.2, -0.15) is 5.10 Å². The standard InChI is InChI=1S/C11H19N3O/c1-11(2,3)8-10(15)12-6-4-9-5-7-13-14-9/h5,7H,4,6,8H2,1-3H3,(H,12,15)(H,13,14). The summed E-state index contributed by atoms with van der Waals surface area (Å²) >= 11 is 0. The molecule has 0 spiro atoms. The number of carbonyl (C=O) groups excluding carboxylic acids is 1. The molecule has 0 aliphatic heterocycles. The molecule has 1 amide bonds. The number of H-pyrrole nitrogens is 1. The zero-order chi connectivity index (χ0) is 11.3. The summed E-state index contributed by atoms with van der Waals surface area (Å²) in [5, 5.41) is 9.59. The lowest BCUT2D eigenvalue weighted by molar-refractivity contribution is -0.122. The van der Waals surface area contributed by atoms with E-state index in [-0.39, 0.29) is 11.3 Å². The van der Waals surface area contributed by atoms with Crippen LogP contribution in [0.3, 0.4) is 0 Å². The first-order valence-electron chi connectivity index (χ1n) is 5.22. The molecule has 0 atom stereocenters. The molecule has 0 aromatic carbocycles. The second-order valence-electron chi connectivity index (χ2n) is 4.92. The number of nitrogens with one attached hydrogen (secondary N) is 2. The Bertz CT molecular complexity index is 298. The number of aromatic nitrogens is 2. The molecule has 4 nitrogen and oxygen atoms in total. The van der Waals surface area contributed by atoms with Crippen molar-refractivity contribution in [3.05, 3.63) is 18.0 Å². The molecule has 1 aromatic heterocycles. The third kappa shape index (κ3) is 5.20. The SMILES string of the molecule is CC(C)(C)CC(=O)NCCc1ccn[nH]1. The fourth-order valence-electron chi connectivity index (χ4n) is 1.30. The third-order valence-corrected chi connectivity index (χ3v) is 1.97. The molecule has 84 valence electrons. The molecule has 0 radical (unpaired) electrons. The Morgan fingerprint density at radius 2 is 2.27 bits per heavy atom. The van der Waals surface area contributed by atoms with Gasteiger partial charge in [0.1, 0.15) is 0 Å². The molecule has 0 bridgehead atoms. The van der Waals surface area contributed by atoms with E-state index in [1.165, 1.54) is 0 Å². The van der Waals surface area contributed by atoms with Crippen molar-refractivity contribution in [3.63, 3.8) is 0 Å². The van der Waals surface area contributed by atoms with Gasteiger partial charge in [0.25, 0.3) is 0 Å². The van der Waals surface area contributed by atoms with Crippen LogP contribution in [0.1, 0.15) is 32.9 Å². The predicted octanol–water partition coefficient (Wildman–Crippen LogP) is 1.50. The van der Waals surface area contributed by atoms with Gasteiger partial charge in [-0.1, -0.05) is 20.8 Å². The Balaban J connectivity index is 2.18. The highest BCUT2D eigenvalue weighted by Gasteiger charge is 2.15. The lowest BCUT2D eigenvalue weighted by atomic mass is 9.92. The summed E-state index contributed by atoms with van der Waals surface area (Å²) in [6, 6.07) is 1.91. The summed E-state index contributed by atoms with van der Waals surface area (Å²) in [6.07, 6.45) is 3.08. The van der Waals surface area contributed by atoms with Gasteiger partial charge in [-0.25, -0.2) is 0 Å². The molecule has 1 rings (SSSR count). The van der Waals surface area contributed by atoms with E-state index < -0.39 is 0 Å². The molecule has 1 heterocycles. The number of aromatic amines is 1. The van der Waals surface area contributed by atoms with Crippen LogP contribution < -0.4 is 5.32 Å². The smallest absolute Gasteiger partial charge is 0.220 e. The maximum absolute atomic E-state index is 11.5. The molecular weight excluding hydrogens is 190 g/mol. The largest absolute Gasteiger partial charge is 0.356 e. The fourth-order valence-corrected chi connectivity index (χ4v) is 1.30. The van der Waals surface area contributed by atoms with Gasteiger partial charge in [0.15, 0.2) is 0 Å². The van der Waals surface area contributed by atoms with Gasteiger partial charge < -0.3 is 5.32 Å². The van der Waals surface area contributed by atoms with Crippen LogP contribution in [0.15, 0.2) is 12.3 Å². The minimum atomic E-state index is 0.0536. The lowest BCUT2D eigenvalue weighted by Crippen LogP contribution is -2.29. The summed E-state index contributed by atoms with van der Waals surface area (Å²) in [6.45, 7) is 6.83. The van der Waals surface area contributed by atoms with Crippen LogP contribution in [0.2, 0.25) is 0 Å². The monoisotopic (exact) mass is 209 g/mol. The number of nitrogens with zero attached hydrogens (tertiary/aromatic N) is 1. The molecule has 0 unspecified atom stereocenters. The highest BCUT2D eigenvalue weighted by Crippen LogP contribution is 2.17. The van der Waals surface area contributed by atoms with Gasteiger partial charge in [0.2, 0.25) is 5.91 Å². The van der Waals surface area contributed by atoms with Crippen molar-refractivity contribution in [1.82, 2.24) is 15.5 Å². The molecule has 2 N–H and O–H groups in total. The van der Waals surface area contributed by atoms with Gasteiger partial charge in [-0.05, 0) is 11.5 Å². The van der Waals surface area contributed by atoms with E-state index in [1.807, 2.05) is 6.07 Å². The molecule has 0 saturated heterocycles. The van der Waals surface area contributed by atoms with Crippen molar-refractivity contribution < 1.29 is 4.79 Å². The summed E-state index contributed by atoms with van der Waals surface area (Å²) in [5.74, 6) is 0.113. The van der Waals surface area contributed by atoms with Gasteiger partial charge in [0.05, 0.1) is 0 Å². The van der Waals surface area contributed by atoms with Crippen LogP contribution in [0.25, 0.3) is 0 Å². The van der Waals surface area contributed by atoms with Gasteiger partial charge >= 0.3 is 0 Å². The minimum Gasteiger partial charge on any atom is -0.356 e. The average molecular weight is 209 g/mol. The Labute approximate surface area is 90.5 Å². The first-order valence-corrected chi connectivity index (χ1v) is 5.22. The van der Waals surface area contributed by atoms with Gasteiger partial charge in [0, 0.05) is 31.3 Å². The number of amides is 1. The minimum absolute atomic E-state index is 0.0536. The first kappa shape index (κ1) is 11.8. The molecule has 0 saturated carbocycles. The zero-order valence-electron chi connectivity index (χ0n) is 9.63. The molecule has 0 fully saturated rings. The van der Waals surface area contributed by atoms with Crippen LogP contribution in [0.5, 0.6) is 0 Å². The maximum atomic E-state index is 11.5. The molecule has 1 aromatic rings. The van der Waals surface area contributed by atoms with Crippen molar-refractivity contribution >= 4 is 5.91 Å². The third-order valence-electron chi connectivity index (χ3n) is 1.97. The van der Waals surface area contributed by atoms with Crippen LogP contribution >= 0.6 is 0 Å². The van der Waals surface area contributed by atoms with E-state index in [0.29, 0.717) is 13.0 Å². The molecule has 0 aliphatic carbocycles. The Morgan fingerprint density at radius 3 is 2.80 bits per heavy atom. The topological polar surface area (TPSA) is 57.8 Å². The number of carbonyl (C=O) groups is 1. The maximum Gasteiger partial charge on any atom is 0.220 e. The highest BCUT2D eigenvalue weighted by molar-refractivity contribution is 5.76. The lowest BCUT2D eigenvalue weighted by Gasteiger charge is -2.17. The number of hydrogen-bond acceptors (Lipinski definition) is 2. The Hall–Kier alpha value is -1.32. The molecule has 0 aliphatic rings. The summed E-state index contributed by atoms with van der Waals surface area (Å²) < 4.78 is 0. The normalized spacial score (nSPS) is 11.4. The summed E-state index contributed by atoms with van der Waals surface area (Å²) in [5.41, 5.74) is 1.10. The van der Waals surface area contributed by atoms with E-state index in [9.17, 15) is 4.79 Å².